The largest absolute Gasteiger partial charge is 0.337 e. The van der Waals surface area contributed by atoms with Crippen LogP contribution in [0.3, 0.4) is 0 Å². The molecule has 1 atom stereocenters. The highest BCUT2D eigenvalue weighted by molar-refractivity contribution is 7.91. The highest BCUT2D eigenvalue weighted by Crippen LogP contribution is 2.22. The molecule has 0 radical (unpaired) electrons. The number of hydrogen-bond acceptors (Lipinski definition) is 3. The van der Waals surface area contributed by atoms with Crippen molar-refractivity contribution in [3.63, 3.8) is 0 Å². The average molecular weight is 329 g/mol. The van der Waals surface area contributed by atoms with Crippen molar-refractivity contribution in [3.05, 3.63) is 60.2 Å². The van der Waals surface area contributed by atoms with E-state index in [9.17, 15) is 13.2 Å². The maximum Gasteiger partial charge on any atom is 0.253 e. The smallest absolute Gasteiger partial charge is 0.253 e. The van der Waals surface area contributed by atoms with Crippen LogP contribution in [0, 0.1) is 0 Å². The second-order valence-electron chi connectivity index (χ2n) is 5.93. The summed E-state index contributed by atoms with van der Waals surface area (Å²) < 4.78 is 23.2. The molecule has 4 nitrogen and oxygen atoms in total. The molecule has 0 spiro atoms. The van der Waals surface area contributed by atoms with Gasteiger partial charge in [-0.25, -0.2) is 8.42 Å². The van der Waals surface area contributed by atoms with Crippen LogP contribution in [-0.2, 0) is 9.84 Å². The molecule has 1 heterocycles. The van der Waals surface area contributed by atoms with E-state index in [1.165, 1.54) is 6.26 Å². The number of nitrogens with zero attached hydrogens (tertiary/aromatic N) is 1. The summed E-state index contributed by atoms with van der Waals surface area (Å²) >= 11 is 0. The monoisotopic (exact) mass is 329 g/mol. The fourth-order valence-corrected chi connectivity index (χ4v) is 3.86. The summed E-state index contributed by atoms with van der Waals surface area (Å²) in [6.07, 6.45) is 1.76. The molecular weight excluding hydrogens is 310 g/mol. The molecule has 120 valence electrons. The van der Waals surface area contributed by atoms with E-state index in [0.717, 1.165) is 11.1 Å². The van der Waals surface area contributed by atoms with Crippen LogP contribution in [0.4, 0.5) is 0 Å². The minimum absolute atomic E-state index is 0.101. The Labute approximate surface area is 136 Å². The van der Waals surface area contributed by atoms with Crippen LogP contribution < -0.4 is 0 Å². The van der Waals surface area contributed by atoms with Crippen molar-refractivity contribution in [2.45, 2.75) is 11.7 Å². The Bertz CT molecular complexity index is 798. The molecule has 3 rings (SSSR count). The number of hydrogen-bond donors (Lipinski definition) is 0. The number of rotatable bonds is 3. The van der Waals surface area contributed by atoms with Gasteiger partial charge in [-0.05, 0) is 29.7 Å². The van der Waals surface area contributed by atoms with Crippen LogP contribution in [0.5, 0.6) is 0 Å². The van der Waals surface area contributed by atoms with Crippen molar-refractivity contribution in [2.75, 3.05) is 19.3 Å². The Kier molecular flexibility index (Phi) is 4.22. The quantitative estimate of drug-likeness (QED) is 0.870. The number of carbonyl (C=O) groups excluding carboxylic acids is 1. The van der Waals surface area contributed by atoms with Crippen LogP contribution in [-0.4, -0.2) is 43.8 Å². The predicted octanol–water partition coefficient (Wildman–Crippen LogP) is 2.61. The number of sulfone groups is 1. The number of benzene rings is 2. The van der Waals surface area contributed by atoms with E-state index < -0.39 is 15.1 Å². The van der Waals surface area contributed by atoms with E-state index >= 15 is 0 Å². The van der Waals surface area contributed by atoms with E-state index in [2.05, 4.69) is 0 Å². The van der Waals surface area contributed by atoms with Crippen molar-refractivity contribution in [2.24, 2.45) is 0 Å². The Morgan fingerprint density at radius 1 is 1.00 bits per heavy atom. The van der Waals surface area contributed by atoms with E-state index in [0.29, 0.717) is 18.5 Å². The molecule has 1 unspecified atom stereocenters. The van der Waals surface area contributed by atoms with Gasteiger partial charge >= 0.3 is 0 Å². The van der Waals surface area contributed by atoms with Crippen molar-refractivity contribution < 1.29 is 13.2 Å². The molecule has 5 heteroatoms. The third-order valence-corrected chi connectivity index (χ3v) is 5.87. The number of amides is 1. The first-order valence-electron chi connectivity index (χ1n) is 7.59. The minimum Gasteiger partial charge on any atom is -0.337 e. The standard InChI is InChI=1S/C18H19NO3S/c1-23(21,22)17-11-12-19(13-17)18(20)16-9-7-15(8-10-16)14-5-3-2-4-6-14/h2-10,17H,11-13H2,1H3. The lowest BCUT2D eigenvalue weighted by Gasteiger charge is -2.16. The first-order valence-corrected chi connectivity index (χ1v) is 9.54. The Morgan fingerprint density at radius 2 is 1.61 bits per heavy atom. The molecule has 23 heavy (non-hydrogen) atoms. The van der Waals surface area contributed by atoms with Crippen LogP contribution >= 0.6 is 0 Å². The summed E-state index contributed by atoms with van der Waals surface area (Å²) in [6.45, 7) is 0.787. The molecule has 0 aromatic heterocycles. The van der Waals surface area contributed by atoms with E-state index in [-0.39, 0.29) is 12.5 Å². The van der Waals surface area contributed by atoms with Gasteiger partial charge in [0, 0.05) is 24.9 Å². The van der Waals surface area contributed by atoms with Crippen LogP contribution in [0.2, 0.25) is 0 Å². The summed E-state index contributed by atoms with van der Waals surface area (Å²) in [5, 5.41) is -0.435. The third-order valence-electron chi connectivity index (χ3n) is 4.28. The normalized spacial score (nSPS) is 18.1. The lowest BCUT2D eigenvalue weighted by atomic mass is 10.0. The van der Waals surface area contributed by atoms with Gasteiger partial charge in [-0.1, -0.05) is 42.5 Å². The van der Waals surface area contributed by atoms with Gasteiger partial charge in [-0.3, -0.25) is 4.79 Å². The first-order chi connectivity index (χ1) is 10.9. The molecule has 1 amide bonds. The molecule has 1 fully saturated rings. The van der Waals surface area contributed by atoms with Gasteiger partial charge in [0.15, 0.2) is 9.84 Å². The zero-order chi connectivity index (χ0) is 16.4. The number of carbonyl (C=O) groups is 1. The predicted molar refractivity (Wildman–Crippen MR) is 91.0 cm³/mol. The summed E-state index contributed by atoms with van der Waals surface area (Å²) in [6, 6.07) is 17.4. The zero-order valence-electron chi connectivity index (χ0n) is 13.0. The Balaban J connectivity index is 1.74. The van der Waals surface area contributed by atoms with Crippen molar-refractivity contribution in [1.29, 1.82) is 0 Å². The molecule has 0 saturated carbocycles. The molecule has 2 aromatic rings. The van der Waals surface area contributed by atoms with Gasteiger partial charge in [-0.15, -0.1) is 0 Å². The van der Waals surface area contributed by atoms with Gasteiger partial charge < -0.3 is 4.90 Å². The van der Waals surface area contributed by atoms with Crippen LogP contribution in [0.15, 0.2) is 54.6 Å². The van der Waals surface area contributed by atoms with E-state index in [4.69, 9.17) is 0 Å². The van der Waals surface area contributed by atoms with E-state index in [1.54, 1.807) is 17.0 Å². The maximum atomic E-state index is 12.5. The third kappa shape index (κ3) is 3.45. The second kappa shape index (κ2) is 6.16. The summed E-state index contributed by atoms with van der Waals surface area (Å²) in [4.78, 5) is 14.1. The van der Waals surface area contributed by atoms with E-state index in [1.807, 2.05) is 42.5 Å². The van der Waals surface area contributed by atoms with Gasteiger partial charge in [0.2, 0.25) is 0 Å². The fraction of sp³-hybridized carbons (Fsp3) is 0.278. The Hall–Kier alpha value is -2.14. The molecule has 1 aliphatic heterocycles. The summed E-state index contributed by atoms with van der Waals surface area (Å²) in [7, 11) is -3.09. The molecule has 0 aliphatic carbocycles. The van der Waals surface area contributed by atoms with Gasteiger partial charge in [-0.2, -0.15) is 0 Å². The minimum atomic E-state index is -3.09. The van der Waals surface area contributed by atoms with Gasteiger partial charge in [0.1, 0.15) is 0 Å². The highest BCUT2D eigenvalue weighted by atomic mass is 32.2. The molecule has 2 aromatic carbocycles. The topological polar surface area (TPSA) is 54.5 Å². The summed E-state index contributed by atoms with van der Waals surface area (Å²) in [5.74, 6) is -0.101. The SMILES string of the molecule is CS(=O)(=O)C1CCN(C(=O)c2ccc(-c3ccccc3)cc2)C1. The number of likely N-dealkylation sites (tertiary alicyclic amines) is 1. The lowest BCUT2D eigenvalue weighted by molar-refractivity contribution is 0.0793. The van der Waals surface area contributed by atoms with Crippen molar-refractivity contribution in [1.82, 2.24) is 4.90 Å². The van der Waals surface area contributed by atoms with Crippen molar-refractivity contribution >= 4 is 15.7 Å². The molecule has 1 aliphatic rings. The first kappa shape index (κ1) is 15.7. The van der Waals surface area contributed by atoms with Gasteiger partial charge in [0.25, 0.3) is 5.91 Å². The van der Waals surface area contributed by atoms with Crippen molar-refractivity contribution in [3.8, 4) is 11.1 Å². The summed E-state index contributed by atoms with van der Waals surface area (Å²) in [5.41, 5.74) is 2.75. The second-order valence-corrected chi connectivity index (χ2v) is 8.26. The van der Waals surface area contributed by atoms with Crippen LogP contribution in [0.25, 0.3) is 11.1 Å². The highest BCUT2D eigenvalue weighted by Gasteiger charge is 2.32. The molecule has 0 bridgehead atoms. The fourth-order valence-electron chi connectivity index (χ4n) is 2.88. The van der Waals surface area contributed by atoms with Gasteiger partial charge in [0.05, 0.1) is 5.25 Å². The molecule has 0 N–H and O–H groups in total. The van der Waals surface area contributed by atoms with Crippen LogP contribution in [0.1, 0.15) is 16.8 Å². The maximum absolute atomic E-state index is 12.5. The lowest BCUT2D eigenvalue weighted by Crippen LogP contribution is -2.31. The molecule has 1 saturated heterocycles. The molecular formula is C18H19NO3S. The average Bonchev–Trinajstić information content (AvgIpc) is 3.05. The zero-order valence-corrected chi connectivity index (χ0v) is 13.8. The Morgan fingerprint density at radius 3 is 2.17 bits per heavy atom.